The Morgan fingerprint density at radius 3 is 2.34 bits per heavy atom. The van der Waals surface area contributed by atoms with Crippen LogP contribution in [0.1, 0.15) is 41.8 Å². The summed E-state index contributed by atoms with van der Waals surface area (Å²) >= 11 is 1.50. The number of sulfonamides is 1. The molecule has 35 heavy (non-hydrogen) atoms. The lowest BCUT2D eigenvalue weighted by Crippen LogP contribution is -2.26. The zero-order chi connectivity index (χ0) is 25.0. The molecule has 3 aromatic carbocycles. The molecular formula is C27H29N3O3S2. The molecule has 0 aliphatic carbocycles. The summed E-state index contributed by atoms with van der Waals surface area (Å²) in [5, 5.41) is 0. The first kappa shape index (κ1) is 25.0. The van der Waals surface area contributed by atoms with E-state index < -0.39 is 15.9 Å². The van der Waals surface area contributed by atoms with Crippen LogP contribution in [0.2, 0.25) is 0 Å². The molecule has 0 bridgehead atoms. The first-order valence-electron chi connectivity index (χ1n) is 11.6. The Labute approximate surface area is 210 Å². The molecule has 8 heteroatoms. The predicted octanol–water partition coefficient (Wildman–Crippen LogP) is 5.24. The molecule has 1 aromatic heterocycles. The number of fused-ring (bicyclic) bond motifs is 1. The maximum absolute atomic E-state index is 13.0. The second-order valence-electron chi connectivity index (χ2n) is 8.38. The normalized spacial score (nSPS) is 12.5. The molecule has 0 unspecified atom stereocenters. The Hall–Kier alpha value is -3.07. The van der Waals surface area contributed by atoms with Gasteiger partial charge < -0.3 is 4.57 Å². The fourth-order valence-corrected chi connectivity index (χ4v) is 6.17. The number of hydrogen-bond acceptors (Lipinski definition) is 4. The number of thiazole rings is 1. The average Bonchev–Trinajstić information content (AvgIpc) is 3.20. The molecule has 1 heterocycles. The lowest BCUT2D eigenvalue weighted by molar-refractivity contribution is 0.0997. The monoisotopic (exact) mass is 507 g/mol. The van der Waals surface area contributed by atoms with Gasteiger partial charge in [-0.1, -0.05) is 61.6 Å². The summed E-state index contributed by atoms with van der Waals surface area (Å²) < 4.78 is 30.5. The average molecular weight is 508 g/mol. The van der Waals surface area contributed by atoms with E-state index in [1.54, 1.807) is 7.05 Å². The Morgan fingerprint density at radius 2 is 1.69 bits per heavy atom. The lowest BCUT2D eigenvalue weighted by atomic mass is 10.2. The molecule has 0 saturated carbocycles. The van der Waals surface area contributed by atoms with Crippen molar-refractivity contribution < 1.29 is 13.2 Å². The number of hydrogen-bond donors (Lipinski definition) is 0. The highest BCUT2D eigenvalue weighted by Crippen LogP contribution is 2.21. The van der Waals surface area contributed by atoms with Gasteiger partial charge in [0.1, 0.15) is 0 Å². The number of benzene rings is 3. The highest BCUT2D eigenvalue weighted by Gasteiger charge is 2.21. The Bertz CT molecular complexity index is 1500. The second kappa shape index (κ2) is 10.7. The fraction of sp³-hybridized carbons (Fsp3) is 0.259. The number of carbonyl (C=O) groups is 1. The highest BCUT2D eigenvalue weighted by molar-refractivity contribution is 7.89. The van der Waals surface area contributed by atoms with E-state index in [0.717, 1.165) is 35.2 Å². The van der Waals surface area contributed by atoms with Crippen LogP contribution in [0.4, 0.5) is 0 Å². The second-order valence-corrected chi connectivity index (χ2v) is 11.4. The van der Waals surface area contributed by atoms with Gasteiger partial charge in [-0.2, -0.15) is 9.30 Å². The van der Waals surface area contributed by atoms with Crippen molar-refractivity contribution in [1.82, 2.24) is 8.87 Å². The molecular weight excluding hydrogens is 478 g/mol. The molecule has 0 N–H and O–H groups in total. The van der Waals surface area contributed by atoms with Gasteiger partial charge >= 0.3 is 0 Å². The summed E-state index contributed by atoms with van der Waals surface area (Å²) in [6.07, 6.45) is 1.87. The van der Waals surface area contributed by atoms with Gasteiger partial charge in [-0.25, -0.2) is 8.42 Å². The topological polar surface area (TPSA) is 71.7 Å². The van der Waals surface area contributed by atoms with Gasteiger partial charge in [0.25, 0.3) is 5.91 Å². The highest BCUT2D eigenvalue weighted by atomic mass is 32.2. The van der Waals surface area contributed by atoms with Crippen LogP contribution < -0.4 is 4.80 Å². The minimum absolute atomic E-state index is 0.141. The lowest BCUT2D eigenvalue weighted by Gasteiger charge is -2.17. The maximum atomic E-state index is 13.0. The minimum atomic E-state index is -3.69. The minimum Gasteiger partial charge on any atom is -0.316 e. The number of carbonyl (C=O) groups excluding carboxylic acids is 1. The van der Waals surface area contributed by atoms with E-state index in [1.165, 1.54) is 45.5 Å². The van der Waals surface area contributed by atoms with Crippen LogP contribution in [-0.4, -0.2) is 30.2 Å². The Balaban J connectivity index is 1.60. The van der Waals surface area contributed by atoms with Crippen LogP contribution in [-0.2, 0) is 29.5 Å². The van der Waals surface area contributed by atoms with E-state index in [9.17, 15) is 13.2 Å². The van der Waals surface area contributed by atoms with Gasteiger partial charge in [-0.05, 0) is 60.4 Å². The summed E-state index contributed by atoms with van der Waals surface area (Å²) in [6, 6.07) is 21.8. The first-order valence-corrected chi connectivity index (χ1v) is 13.9. The van der Waals surface area contributed by atoms with Crippen molar-refractivity contribution in [2.45, 2.75) is 44.7 Å². The fourth-order valence-electron chi connectivity index (χ4n) is 3.89. The van der Waals surface area contributed by atoms with Crippen LogP contribution in [0.15, 0.2) is 82.7 Å². The summed E-state index contributed by atoms with van der Waals surface area (Å²) in [6.45, 7) is 5.24. The third-order valence-electron chi connectivity index (χ3n) is 5.86. The molecule has 0 aliphatic rings. The largest absolute Gasteiger partial charge is 0.316 e. The van der Waals surface area contributed by atoms with Gasteiger partial charge in [0.2, 0.25) is 10.0 Å². The van der Waals surface area contributed by atoms with Gasteiger partial charge in [0.15, 0.2) is 4.80 Å². The smallest absolute Gasteiger partial charge is 0.279 e. The first-order chi connectivity index (χ1) is 16.8. The van der Waals surface area contributed by atoms with Crippen molar-refractivity contribution in [3.05, 3.63) is 94.3 Å². The van der Waals surface area contributed by atoms with E-state index in [2.05, 4.69) is 41.6 Å². The number of nitrogens with zero attached hydrogens (tertiary/aromatic N) is 3. The molecule has 6 nitrogen and oxygen atoms in total. The zero-order valence-corrected chi connectivity index (χ0v) is 21.8. The molecule has 0 spiro atoms. The maximum Gasteiger partial charge on any atom is 0.279 e. The molecule has 4 aromatic rings. The summed E-state index contributed by atoms with van der Waals surface area (Å²) in [7, 11) is -2.14. The van der Waals surface area contributed by atoms with E-state index in [4.69, 9.17) is 0 Å². The van der Waals surface area contributed by atoms with Gasteiger partial charge in [-0.15, -0.1) is 0 Å². The van der Waals surface area contributed by atoms with E-state index in [0.29, 0.717) is 10.4 Å². The number of aryl methyl sites for hydroxylation is 2. The van der Waals surface area contributed by atoms with Gasteiger partial charge in [0.05, 0.1) is 15.1 Å². The van der Waals surface area contributed by atoms with E-state index >= 15 is 0 Å². The molecule has 182 valence electrons. The molecule has 0 radical (unpaired) electrons. The summed E-state index contributed by atoms with van der Waals surface area (Å²) in [4.78, 5) is 18.2. The molecule has 0 aliphatic heterocycles. The van der Waals surface area contributed by atoms with Gasteiger partial charge in [0, 0.05) is 25.7 Å². The molecule has 0 saturated heterocycles. The molecule has 4 rings (SSSR count). The standard InChI is InChI=1S/C27H29N3O3S2/c1-4-17-30-24-16-11-20(5-2)18-25(24)34-27(30)28-26(31)22-12-14-23(15-13-22)35(32,33)29(3)19-21-9-7-6-8-10-21/h6-16,18H,4-5,17,19H2,1-3H3. The number of amides is 1. The van der Waals surface area contributed by atoms with Crippen LogP contribution >= 0.6 is 11.3 Å². The van der Waals surface area contributed by atoms with Crippen molar-refractivity contribution >= 4 is 37.5 Å². The van der Waals surface area contributed by atoms with Crippen LogP contribution in [0.25, 0.3) is 10.2 Å². The predicted molar refractivity (Wildman–Crippen MR) is 141 cm³/mol. The third-order valence-corrected chi connectivity index (χ3v) is 8.72. The van der Waals surface area contributed by atoms with Crippen molar-refractivity contribution in [3.63, 3.8) is 0 Å². The molecule has 1 amide bonds. The third kappa shape index (κ3) is 5.45. The summed E-state index contributed by atoms with van der Waals surface area (Å²) in [5.74, 6) is -0.390. The van der Waals surface area contributed by atoms with Gasteiger partial charge in [-0.3, -0.25) is 4.79 Å². The number of aromatic nitrogens is 1. The van der Waals surface area contributed by atoms with E-state index in [-0.39, 0.29) is 11.4 Å². The quantitative estimate of drug-likeness (QED) is 0.328. The molecule has 0 fully saturated rings. The van der Waals surface area contributed by atoms with Crippen LogP contribution in [0, 0.1) is 0 Å². The van der Waals surface area contributed by atoms with Crippen LogP contribution in [0.3, 0.4) is 0 Å². The van der Waals surface area contributed by atoms with Crippen molar-refractivity contribution in [2.75, 3.05) is 7.05 Å². The van der Waals surface area contributed by atoms with Crippen molar-refractivity contribution in [2.24, 2.45) is 4.99 Å². The summed E-state index contributed by atoms with van der Waals surface area (Å²) in [5.41, 5.74) is 3.57. The van der Waals surface area contributed by atoms with E-state index in [1.807, 2.05) is 30.3 Å². The number of rotatable bonds is 8. The van der Waals surface area contributed by atoms with Crippen LogP contribution in [0.5, 0.6) is 0 Å². The van der Waals surface area contributed by atoms with Crippen molar-refractivity contribution in [1.29, 1.82) is 0 Å². The Morgan fingerprint density at radius 1 is 0.971 bits per heavy atom. The van der Waals surface area contributed by atoms with Crippen molar-refractivity contribution in [3.8, 4) is 0 Å². The Kier molecular flexibility index (Phi) is 7.64. The SMILES string of the molecule is CCCn1c(=NC(=O)c2ccc(S(=O)(=O)N(C)Cc3ccccc3)cc2)sc2cc(CC)ccc21. The zero-order valence-electron chi connectivity index (χ0n) is 20.1. The molecule has 0 atom stereocenters.